The van der Waals surface area contributed by atoms with E-state index in [0.717, 1.165) is 18.4 Å². The molecule has 0 atom stereocenters. The molecule has 0 aromatic heterocycles. The maximum atomic E-state index is 12.8. The highest BCUT2D eigenvalue weighted by molar-refractivity contribution is 7.99. The Labute approximate surface area is 109 Å². The molecule has 1 aromatic carbocycles. The smallest absolute Gasteiger partial charge is 0.230 e. The number of nitrogens with one attached hydrogen (secondary N) is 1. The second-order valence-electron chi connectivity index (χ2n) is 4.07. The van der Waals surface area contributed by atoms with Crippen LogP contribution < -0.4 is 5.32 Å². The van der Waals surface area contributed by atoms with Gasteiger partial charge in [-0.2, -0.15) is 0 Å². The van der Waals surface area contributed by atoms with Gasteiger partial charge in [-0.1, -0.05) is 17.7 Å². The second kappa shape index (κ2) is 5.74. The van der Waals surface area contributed by atoms with Crippen LogP contribution >= 0.6 is 23.4 Å². The largest absolute Gasteiger partial charge is 0.353 e. The lowest BCUT2D eigenvalue weighted by atomic mass is 10.2. The van der Waals surface area contributed by atoms with Crippen molar-refractivity contribution in [3.05, 3.63) is 34.6 Å². The van der Waals surface area contributed by atoms with Crippen LogP contribution in [-0.4, -0.2) is 17.7 Å². The average Bonchev–Trinajstić information content (AvgIpc) is 3.05. The Bertz CT molecular complexity index is 423. The summed E-state index contributed by atoms with van der Waals surface area (Å²) in [6.45, 7) is 0. The molecule has 0 unspecified atom stereocenters. The predicted molar refractivity (Wildman–Crippen MR) is 68.7 cm³/mol. The van der Waals surface area contributed by atoms with E-state index < -0.39 is 0 Å². The molecular formula is C12H13ClFNOS. The number of carbonyl (C=O) groups is 1. The second-order valence-corrected chi connectivity index (χ2v) is 5.46. The molecule has 5 heteroatoms. The van der Waals surface area contributed by atoms with Gasteiger partial charge < -0.3 is 5.32 Å². The summed E-state index contributed by atoms with van der Waals surface area (Å²) in [5, 5.41) is 3.33. The number of thioether (sulfide) groups is 1. The minimum absolute atomic E-state index is 0.0655. The quantitative estimate of drug-likeness (QED) is 0.894. The Morgan fingerprint density at radius 1 is 1.53 bits per heavy atom. The van der Waals surface area contributed by atoms with Crippen molar-refractivity contribution < 1.29 is 9.18 Å². The van der Waals surface area contributed by atoms with Crippen molar-refractivity contribution >= 4 is 29.3 Å². The molecule has 1 aliphatic carbocycles. The van der Waals surface area contributed by atoms with E-state index in [-0.39, 0.29) is 11.7 Å². The van der Waals surface area contributed by atoms with Crippen LogP contribution in [0.4, 0.5) is 4.39 Å². The lowest BCUT2D eigenvalue weighted by Gasteiger charge is -2.05. The van der Waals surface area contributed by atoms with E-state index >= 15 is 0 Å². The van der Waals surface area contributed by atoms with Gasteiger partial charge in [-0.15, -0.1) is 11.8 Å². The van der Waals surface area contributed by atoms with Gasteiger partial charge in [-0.25, -0.2) is 4.39 Å². The van der Waals surface area contributed by atoms with Crippen molar-refractivity contribution in [1.29, 1.82) is 0 Å². The summed E-state index contributed by atoms with van der Waals surface area (Å²) in [5.41, 5.74) is 0.859. The maximum absolute atomic E-state index is 12.8. The Hall–Kier alpha value is -0.740. The summed E-state index contributed by atoms with van der Waals surface area (Å²) in [5.74, 6) is 0.771. The number of hydrogen-bond acceptors (Lipinski definition) is 2. The molecule has 1 fully saturated rings. The standard InChI is InChI=1S/C12H13ClFNOS/c13-11-5-9(14)2-1-8(11)6-17-7-12(16)15-10-3-4-10/h1-2,5,10H,3-4,6-7H2,(H,15,16). The maximum Gasteiger partial charge on any atom is 0.230 e. The molecule has 1 aromatic rings. The molecule has 1 N–H and O–H groups in total. The van der Waals surface area contributed by atoms with Gasteiger partial charge in [-0.3, -0.25) is 4.79 Å². The third-order valence-electron chi connectivity index (χ3n) is 2.45. The number of hydrogen-bond donors (Lipinski definition) is 1. The first-order valence-electron chi connectivity index (χ1n) is 5.46. The molecule has 1 amide bonds. The first-order valence-corrected chi connectivity index (χ1v) is 6.99. The van der Waals surface area contributed by atoms with E-state index in [0.29, 0.717) is 22.6 Å². The van der Waals surface area contributed by atoms with Crippen LogP contribution in [-0.2, 0) is 10.5 Å². The summed E-state index contributed by atoms with van der Waals surface area (Å²) in [6.07, 6.45) is 2.19. The fraction of sp³-hybridized carbons (Fsp3) is 0.417. The molecule has 2 rings (SSSR count). The number of rotatable bonds is 5. The first-order chi connectivity index (χ1) is 8.15. The number of amides is 1. The van der Waals surface area contributed by atoms with Crippen molar-refractivity contribution in [1.82, 2.24) is 5.32 Å². The molecule has 0 spiro atoms. The van der Waals surface area contributed by atoms with E-state index in [9.17, 15) is 9.18 Å². The molecule has 0 saturated heterocycles. The zero-order valence-electron chi connectivity index (χ0n) is 9.21. The van der Waals surface area contributed by atoms with Crippen molar-refractivity contribution in [2.24, 2.45) is 0 Å². The lowest BCUT2D eigenvalue weighted by molar-refractivity contribution is -0.118. The van der Waals surface area contributed by atoms with E-state index in [4.69, 9.17) is 11.6 Å². The SMILES string of the molecule is O=C(CSCc1ccc(F)cc1Cl)NC1CC1. The van der Waals surface area contributed by atoms with Gasteiger partial charge in [0.15, 0.2) is 0 Å². The van der Waals surface area contributed by atoms with Crippen LogP contribution in [0.1, 0.15) is 18.4 Å². The summed E-state index contributed by atoms with van der Waals surface area (Å²) >= 11 is 7.37. The lowest BCUT2D eigenvalue weighted by Crippen LogP contribution is -2.27. The molecule has 1 aliphatic rings. The zero-order valence-corrected chi connectivity index (χ0v) is 10.8. The molecule has 0 aliphatic heterocycles. The van der Waals surface area contributed by atoms with Crippen LogP contribution in [0.5, 0.6) is 0 Å². The van der Waals surface area contributed by atoms with E-state index in [1.165, 1.54) is 23.9 Å². The number of carbonyl (C=O) groups excluding carboxylic acids is 1. The molecular weight excluding hydrogens is 261 g/mol. The Kier molecular flexibility index (Phi) is 4.29. The third-order valence-corrected chi connectivity index (χ3v) is 3.78. The van der Waals surface area contributed by atoms with Gasteiger partial charge in [0.05, 0.1) is 5.75 Å². The monoisotopic (exact) mass is 273 g/mol. The van der Waals surface area contributed by atoms with Gasteiger partial charge in [0.1, 0.15) is 5.82 Å². The minimum atomic E-state index is -0.338. The highest BCUT2D eigenvalue weighted by Gasteiger charge is 2.22. The molecule has 1 saturated carbocycles. The molecule has 0 heterocycles. The summed E-state index contributed by atoms with van der Waals surface area (Å²) in [7, 11) is 0. The third kappa shape index (κ3) is 4.21. The molecule has 0 bridgehead atoms. The topological polar surface area (TPSA) is 29.1 Å². The predicted octanol–water partition coefficient (Wildman–Crippen LogP) is 2.99. The van der Waals surface area contributed by atoms with Crippen molar-refractivity contribution in [3.8, 4) is 0 Å². The van der Waals surface area contributed by atoms with Crippen molar-refractivity contribution in [2.75, 3.05) is 5.75 Å². The van der Waals surface area contributed by atoms with Crippen LogP contribution in [0.25, 0.3) is 0 Å². The summed E-state index contributed by atoms with van der Waals surface area (Å²) in [4.78, 5) is 11.4. The van der Waals surface area contributed by atoms with Gasteiger partial charge in [0, 0.05) is 16.8 Å². The average molecular weight is 274 g/mol. The summed E-state index contributed by atoms with van der Waals surface area (Å²) < 4.78 is 12.8. The Morgan fingerprint density at radius 3 is 2.94 bits per heavy atom. The fourth-order valence-electron chi connectivity index (χ4n) is 1.39. The molecule has 17 heavy (non-hydrogen) atoms. The van der Waals surface area contributed by atoms with Crippen LogP contribution in [0, 0.1) is 5.82 Å². The Balaban J connectivity index is 1.75. The molecule has 2 nitrogen and oxygen atoms in total. The Morgan fingerprint density at radius 2 is 2.29 bits per heavy atom. The molecule has 0 radical (unpaired) electrons. The van der Waals surface area contributed by atoms with Gasteiger partial charge >= 0.3 is 0 Å². The fourth-order valence-corrected chi connectivity index (χ4v) is 2.55. The van der Waals surface area contributed by atoms with E-state index in [1.54, 1.807) is 6.07 Å². The van der Waals surface area contributed by atoms with Crippen LogP contribution in [0.3, 0.4) is 0 Å². The van der Waals surface area contributed by atoms with Crippen LogP contribution in [0.2, 0.25) is 5.02 Å². The van der Waals surface area contributed by atoms with Crippen LogP contribution in [0.15, 0.2) is 18.2 Å². The molecule has 92 valence electrons. The highest BCUT2D eigenvalue weighted by Crippen LogP contribution is 2.23. The highest BCUT2D eigenvalue weighted by atomic mass is 35.5. The first kappa shape index (κ1) is 12.7. The van der Waals surface area contributed by atoms with Gasteiger partial charge in [0.25, 0.3) is 0 Å². The van der Waals surface area contributed by atoms with Gasteiger partial charge in [-0.05, 0) is 30.5 Å². The van der Waals surface area contributed by atoms with E-state index in [2.05, 4.69) is 5.32 Å². The zero-order chi connectivity index (χ0) is 12.3. The number of benzene rings is 1. The summed E-state index contributed by atoms with van der Waals surface area (Å²) in [6, 6.07) is 4.73. The van der Waals surface area contributed by atoms with Crippen molar-refractivity contribution in [3.63, 3.8) is 0 Å². The number of halogens is 2. The van der Waals surface area contributed by atoms with Crippen molar-refractivity contribution in [2.45, 2.75) is 24.6 Å². The van der Waals surface area contributed by atoms with E-state index in [1.807, 2.05) is 0 Å². The normalized spacial score (nSPS) is 14.7. The van der Waals surface area contributed by atoms with Gasteiger partial charge in [0.2, 0.25) is 5.91 Å². The minimum Gasteiger partial charge on any atom is -0.353 e.